The molecule has 0 aromatic rings. The van der Waals surface area contributed by atoms with Gasteiger partial charge in [0.15, 0.2) is 6.10 Å². The van der Waals surface area contributed by atoms with E-state index in [9.17, 15) is 14.4 Å². The molecular weight excluding hydrogens is 721 g/mol. The van der Waals surface area contributed by atoms with Crippen molar-refractivity contribution in [1.29, 1.82) is 0 Å². The van der Waals surface area contributed by atoms with E-state index in [4.69, 9.17) is 14.2 Å². The molecule has 6 nitrogen and oxygen atoms in total. The van der Waals surface area contributed by atoms with Crippen LogP contribution in [0, 0.1) is 11.8 Å². The van der Waals surface area contributed by atoms with Crippen LogP contribution in [0.1, 0.15) is 285 Å². The van der Waals surface area contributed by atoms with Crippen molar-refractivity contribution in [2.45, 2.75) is 291 Å². The van der Waals surface area contributed by atoms with Gasteiger partial charge in [-0.05, 0) is 31.1 Å². The molecule has 0 amide bonds. The summed E-state index contributed by atoms with van der Waals surface area (Å²) in [6, 6.07) is 0. The standard InChI is InChI=1S/C52H100O6/c1-6-7-8-9-10-11-22-27-32-37-42-50(53)56-45-49(46-57-51(54)43-38-33-28-23-19-18-21-26-31-36-41-48(4)5)58-52(55)44-39-34-29-24-17-15-13-12-14-16-20-25-30-35-40-47(2)3/h47-49H,6-46H2,1-5H3/t49-/m1/s1. The first-order valence-corrected chi connectivity index (χ1v) is 25.7. The first-order chi connectivity index (χ1) is 28.2. The van der Waals surface area contributed by atoms with Gasteiger partial charge in [0.05, 0.1) is 0 Å². The zero-order valence-corrected chi connectivity index (χ0v) is 39.7. The lowest BCUT2D eigenvalue weighted by Gasteiger charge is -2.18. The minimum Gasteiger partial charge on any atom is -0.462 e. The maximum absolute atomic E-state index is 12.8. The molecule has 0 aromatic heterocycles. The van der Waals surface area contributed by atoms with Crippen LogP contribution < -0.4 is 0 Å². The molecule has 0 aliphatic rings. The van der Waals surface area contributed by atoms with Crippen LogP contribution in [0.4, 0.5) is 0 Å². The van der Waals surface area contributed by atoms with E-state index in [1.54, 1.807) is 0 Å². The van der Waals surface area contributed by atoms with Crippen LogP contribution in [0.3, 0.4) is 0 Å². The number of ether oxygens (including phenoxy) is 3. The summed E-state index contributed by atoms with van der Waals surface area (Å²) >= 11 is 0. The predicted octanol–water partition coefficient (Wildman–Crippen LogP) is 16.5. The minimum atomic E-state index is -0.761. The fourth-order valence-electron chi connectivity index (χ4n) is 7.81. The molecule has 0 rings (SSSR count). The van der Waals surface area contributed by atoms with Gasteiger partial charge in [-0.2, -0.15) is 0 Å². The van der Waals surface area contributed by atoms with Gasteiger partial charge in [0.2, 0.25) is 0 Å². The second kappa shape index (κ2) is 44.9. The number of hydrogen-bond donors (Lipinski definition) is 0. The third-order valence-corrected chi connectivity index (χ3v) is 11.7. The highest BCUT2D eigenvalue weighted by molar-refractivity contribution is 5.71. The lowest BCUT2D eigenvalue weighted by atomic mass is 10.0. The van der Waals surface area contributed by atoms with Crippen LogP contribution in [-0.4, -0.2) is 37.2 Å². The quantitative estimate of drug-likeness (QED) is 0.0346. The Morgan fingerprint density at radius 3 is 0.845 bits per heavy atom. The molecule has 0 aliphatic carbocycles. The Balaban J connectivity index is 4.28. The summed E-state index contributed by atoms with van der Waals surface area (Å²) in [4.78, 5) is 37.9. The first-order valence-electron chi connectivity index (χ1n) is 25.7. The van der Waals surface area contributed by atoms with E-state index in [-0.39, 0.29) is 31.1 Å². The fourth-order valence-corrected chi connectivity index (χ4v) is 7.81. The Labute approximate surface area is 361 Å². The highest BCUT2D eigenvalue weighted by atomic mass is 16.6. The average Bonchev–Trinajstić information content (AvgIpc) is 3.19. The number of hydrogen-bond acceptors (Lipinski definition) is 6. The molecule has 0 aliphatic heterocycles. The molecule has 1 atom stereocenters. The van der Waals surface area contributed by atoms with Crippen LogP contribution >= 0.6 is 0 Å². The molecule has 0 bridgehead atoms. The zero-order chi connectivity index (χ0) is 42.6. The topological polar surface area (TPSA) is 78.9 Å². The fraction of sp³-hybridized carbons (Fsp3) is 0.942. The van der Waals surface area contributed by atoms with Gasteiger partial charge in [0.25, 0.3) is 0 Å². The van der Waals surface area contributed by atoms with Crippen molar-refractivity contribution in [3.05, 3.63) is 0 Å². The molecule has 0 N–H and O–H groups in total. The van der Waals surface area contributed by atoms with Crippen LogP contribution in [0.2, 0.25) is 0 Å². The predicted molar refractivity (Wildman–Crippen MR) is 247 cm³/mol. The Hall–Kier alpha value is -1.59. The summed E-state index contributed by atoms with van der Waals surface area (Å²) in [7, 11) is 0. The third kappa shape index (κ3) is 45.5. The molecule has 0 saturated carbocycles. The molecule has 58 heavy (non-hydrogen) atoms. The summed E-state index contributed by atoms with van der Waals surface area (Å²) in [5.74, 6) is 0.812. The molecule has 0 saturated heterocycles. The van der Waals surface area contributed by atoms with Crippen LogP contribution in [0.25, 0.3) is 0 Å². The van der Waals surface area contributed by atoms with Crippen molar-refractivity contribution in [3.8, 4) is 0 Å². The van der Waals surface area contributed by atoms with E-state index < -0.39 is 6.10 Å². The lowest BCUT2D eigenvalue weighted by molar-refractivity contribution is -0.167. The normalized spacial score (nSPS) is 12.1. The molecular formula is C52H100O6. The van der Waals surface area contributed by atoms with Crippen molar-refractivity contribution in [2.75, 3.05) is 13.2 Å². The molecule has 344 valence electrons. The number of carbonyl (C=O) groups excluding carboxylic acids is 3. The Morgan fingerprint density at radius 1 is 0.328 bits per heavy atom. The van der Waals surface area contributed by atoms with Gasteiger partial charge < -0.3 is 14.2 Å². The van der Waals surface area contributed by atoms with Crippen LogP contribution in [0.5, 0.6) is 0 Å². The van der Waals surface area contributed by atoms with Crippen molar-refractivity contribution >= 4 is 17.9 Å². The van der Waals surface area contributed by atoms with Crippen molar-refractivity contribution < 1.29 is 28.6 Å². The Kier molecular flexibility index (Phi) is 43.7. The van der Waals surface area contributed by atoms with Crippen LogP contribution in [-0.2, 0) is 28.6 Å². The second-order valence-electron chi connectivity index (χ2n) is 18.8. The smallest absolute Gasteiger partial charge is 0.306 e. The Bertz CT molecular complexity index is 885. The summed E-state index contributed by atoms with van der Waals surface area (Å²) in [5.41, 5.74) is 0. The molecule has 0 unspecified atom stereocenters. The van der Waals surface area contributed by atoms with E-state index in [2.05, 4.69) is 34.6 Å². The highest BCUT2D eigenvalue weighted by Crippen LogP contribution is 2.17. The van der Waals surface area contributed by atoms with Crippen molar-refractivity contribution in [1.82, 2.24) is 0 Å². The monoisotopic (exact) mass is 821 g/mol. The van der Waals surface area contributed by atoms with Crippen LogP contribution in [0.15, 0.2) is 0 Å². The molecule has 0 heterocycles. The van der Waals surface area contributed by atoms with E-state index in [0.717, 1.165) is 69.6 Å². The highest BCUT2D eigenvalue weighted by Gasteiger charge is 2.19. The van der Waals surface area contributed by atoms with Gasteiger partial charge in [0, 0.05) is 19.3 Å². The molecule has 6 heteroatoms. The van der Waals surface area contributed by atoms with Gasteiger partial charge in [-0.1, -0.05) is 247 Å². The summed E-state index contributed by atoms with van der Waals surface area (Å²) in [5, 5.41) is 0. The SMILES string of the molecule is CCCCCCCCCCCCC(=O)OC[C@H](COC(=O)CCCCCCCCCCCCC(C)C)OC(=O)CCCCCCCCCCCCCCCCC(C)C. The second-order valence-corrected chi connectivity index (χ2v) is 18.8. The van der Waals surface area contributed by atoms with E-state index in [1.165, 1.54) is 173 Å². The zero-order valence-electron chi connectivity index (χ0n) is 39.7. The van der Waals surface area contributed by atoms with E-state index in [1.807, 2.05) is 0 Å². The van der Waals surface area contributed by atoms with Crippen molar-refractivity contribution in [3.63, 3.8) is 0 Å². The van der Waals surface area contributed by atoms with Gasteiger partial charge in [-0.25, -0.2) is 0 Å². The van der Waals surface area contributed by atoms with Gasteiger partial charge in [-0.15, -0.1) is 0 Å². The maximum Gasteiger partial charge on any atom is 0.306 e. The minimum absolute atomic E-state index is 0.0639. The van der Waals surface area contributed by atoms with Gasteiger partial charge >= 0.3 is 17.9 Å². The summed E-state index contributed by atoms with van der Waals surface area (Å²) in [6.07, 6.45) is 45.2. The summed E-state index contributed by atoms with van der Waals surface area (Å²) in [6.45, 7) is 11.4. The number of unbranched alkanes of at least 4 members (excludes halogenated alkanes) is 31. The average molecular weight is 821 g/mol. The largest absolute Gasteiger partial charge is 0.462 e. The molecule has 0 aromatic carbocycles. The third-order valence-electron chi connectivity index (χ3n) is 11.7. The maximum atomic E-state index is 12.8. The van der Waals surface area contributed by atoms with E-state index >= 15 is 0 Å². The molecule has 0 spiro atoms. The summed E-state index contributed by atoms with van der Waals surface area (Å²) < 4.78 is 16.8. The molecule has 0 fully saturated rings. The number of carbonyl (C=O) groups is 3. The molecule has 0 radical (unpaired) electrons. The van der Waals surface area contributed by atoms with Gasteiger partial charge in [0.1, 0.15) is 13.2 Å². The van der Waals surface area contributed by atoms with E-state index in [0.29, 0.717) is 19.3 Å². The van der Waals surface area contributed by atoms with Gasteiger partial charge in [-0.3, -0.25) is 14.4 Å². The Morgan fingerprint density at radius 2 is 0.569 bits per heavy atom. The first kappa shape index (κ1) is 56.4. The van der Waals surface area contributed by atoms with Crippen molar-refractivity contribution in [2.24, 2.45) is 11.8 Å². The number of rotatable bonds is 46. The number of esters is 3. The lowest BCUT2D eigenvalue weighted by Crippen LogP contribution is -2.30.